The van der Waals surface area contributed by atoms with Gasteiger partial charge in [0.25, 0.3) is 5.91 Å². The van der Waals surface area contributed by atoms with Gasteiger partial charge in [-0.1, -0.05) is 35.1 Å². The minimum atomic E-state index is -0.709. The van der Waals surface area contributed by atoms with Crippen molar-refractivity contribution < 1.29 is 13.6 Å². The molecule has 122 valence electrons. The van der Waals surface area contributed by atoms with Gasteiger partial charge in [-0.3, -0.25) is 4.79 Å². The first-order valence-electron chi connectivity index (χ1n) is 6.93. The number of rotatable bonds is 3. The highest BCUT2D eigenvalue weighted by Crippen LogP contribution is 2.22. The number of aromatic nitrogens is 1. The Balaban J connectivity index is 2.21. The van der Waals surface area contributed by atoms with Gasteiger partial charge in [0, 0.05) is 23.2 Å². The van der Waals surface area contributed by atoms with Gasteiger partial charge in [-0.15, -0.1) is 6.58 Å². The lowest BCUT2D eigenvalue weighted by Crippen LogP contribution is -2.16. The van der Waals surface area contributed by atoms with Crippen LogP contribution in [0.3, 0.4) is 0 Å². The zero-order chi connectivity index (χ0) is 17.3. The van der Waals surface area contributed by atoms with Crippen molar-refractivity contribution >= 4 is 39.1 Å². The first-order valence-corrected chi connectivity index (χ1v) is 8.13. The quantitative estimate of drug-likeness (QED) is 0.627. The molecule has 0 saturated heterocycles. The Morgan fingerprint density at radius 2 is 2.12 bits per heavy atom. The molecule has 3 rings (SSSR count). The molecule has 0 aliphatic heterocycles. The predicted molar refractivity (Wildman–Crippen MR) is 91.3 cm³/mol. The van der Waals surface area contributed by atoms with Gasteiger partial charge in [-0.2, -0.15) is 4.99 Å². The van der Waals surface area contributed by atoms with Crippen LogP contribution in [-0.2, 0) is 6.54 Å². The SMILES string of the molecule is C=CCn1c(=NC(=O)c2cccc(Cl)c2)sc2cc(F)cc(F)c21. The van der Waals surface area contributed by atoms with Crippen molar-refractivity contribution in [3.8, 4) is 0 Å². The zero-order valence-electron chi connectivity index (χ0n) is 12.3. The molecule has 0 radical (unpaired) electrons. The van der Waals surface area contributed by atoms with Gasteiger partial charge in [-0.05, 0) is 24.3 Å². The molecule has 3 nitrogen and oxygen atoms in total. The number of carbonyl (C=O) groups excluding carboxylic acids is 1. The molecule has 24 heavy (non-hydrogen) atoms. The highest BCUT2D eigenvalue weighted by atomic mass is 35.5. The van der Waals surface area contributed by atoms with Crippen LogP contribution in [0.2, 0.25) is 5.02 Å². The Bertz CT molecular complexity index is 1020. The molecule has 1 aromatic heterocycles. The highest BCUT2D eigenvalue weighted by Gasteiger charge is 2.13. The van der Waals surface area contributed by atoms with E-state index in [1.807, 2.05) is 0 Å². The van der Waals surface area contributed by atoms with E-state index in [9.17, 15) is 13.6 Å². The predicted octanol–water partition coefficient (Wildman–Crippen LogP) is 4.56. The Morgan fingerprint density at radius 1 is 1.33 bits per heavy atom. The number of thiazole rings is 1. The zero-order valence-corrected chi connectivity index (χ0v) is 13.9. The van der Waals surface area contributed by atoms with Crippen molar-refractivity contribution in [1.82, 2.24) is 4.57 Å². The van der Waals surface area contributed by atoms with Crippen molar-refractivity contribution in [2.45, 2.75) is 6.54 Å². The fraction of sp³-hybridized carbons (Fsp3) is 0.0588. The summed E-state index contributed by atoms with van der Waals surface area (Å²) in [4.78, 5) is 16.6. The Hall–Kier alpha value is -2.31. The van der Waals surface area contributed by atoms with Crippen LogP contribution >= 0.6 is 22.9 Å². The average molecular weight is 365 g/mol. The minimum Gasteiger partial charge on any atom is -0.310 e. The third-order valence-electron chi connectivity index (χ3n) is 3.28. The van der Waals surface area contributed by atoms with Gasteiger partial charge in [0.05, 0.1) is 10.2 Å². The lowest BCUT2D eigenvalue weighted by molar-refractivity contribution is 0.0998. The van der Waals surface area contributed by atoms with E-state index >= 15 is 0 Å². The molecule has 0 saturated carbocycles. The first-order chi connectivity index (χ1) is 11.5. The van der Waals surface area contributed by atoms with Crippen molar-refractivity contribution in [1.29, 1.82) is 0 Å². The molecule has 0 atom stereocenters. The number of amides is 1. The summed E-state index contributed by atoms with van der Waals surface area (Å²) in [5, 5.41) is 0.416. The van der Waals surface area contributed by atoms with Crippen LogP contribution in [0.25, 0.3) is 10.2 Å². The van der Waals surface area contributed by atoms with E-state index in [1.165, 1.54) is 16.7 Å². The summed E-state index contributed by atoms with van der Waals surface area (Å²) < 4.78 is 29.4. The maximum atomic E-state index is 14.1. The van der Waals surface area contributed by atoms with Gasteiger partial charge in [-0.25, -0.2) is 8.78 Å². The average Bonchev–Trinajstić information content (AvgIpc) is 2.85. The van der Waals surface area contributed by atoms with E-state index in [0.717, 1.165) is 17.4 Å². The lowest BCUT2D eigenvalue weighted by atomic mass is 10.2. The summed E-state index contributed by atoms with van der Waals surface area (Å²) in [6.07, 6.45) is 1.55. The molecule has 3 aromatic rings. The van der Waals surface area contributed by atoms with Crippen LogP contribution in [-0.4, -0.2) is 10.5 Å². The molecular weight excluding hydrogens is 354 g/mol. The van der Waals surface area contributed by atoms with Crippen molar-refractivity contribution in [3.05, 3.63) is 76.1 Å². The molecule has 7 heteroatoms. The number of halogens is 3. The van der Waals surface area contributed by atoms with Crippen LogP contribution in [0.5, 0.6) is 0 Å². The smallest absolute Gasteiger partial charge is 0.279 e. The summed E-state index contributed by atoms with van der Waals surface area (Å²) >= 11 is 6.91. The maximum Gasteiger partial charge on any atom is 0.279 e. The summed E-state index contributed by atoms with van der Waals surface area (Å²) in [5.41, 5.74) is 0.510. The third-order valence-corrected chi connectivity index (χ3v) is 4.54. The van der Waals surface area contributed by atoms with Gasteiger partial charge in [0.15, 0.2) is 10.6 Å². The Morgan fingerprint density at radius 3 is 2.83 bits per heavy atom. The fourth-order valence-corrected chi connectivity index (χ4v) is 3.55. The molecular formula is C17H11ClF2N2OS. The van der Waals surface area contributed by atoms with E-state index in [4.69, 9.17) is 11.6 Å². The van der Waals surface area contributed by atoms with Crippen LogP contribution in [0.4, 0.5) is 8.78 Å². The molecule has 0 spiro atoms. The molecule has 1 amide bonds. The number of fused-ring (bicyclic) bond motifs is 1. The van der Waals surface area contributed by atoms with E-state index in [1.54, 1.807) is 24.3 Å². The standard InChI is InChI=1S/C17H11ClF2N2OS/c1-2-6-22-15-13(20)8-12(19)9-14(15)24-17(22)21-16(23)10-4-3-5-11(18)7-10/h2-5,7-9H,1,6H2. The highest BCUT2D eigenvalue weighted by molar-refractivity contribution is 7.16. The van der Waals surface area contributed by atoms with Crippen molar-refractivity contribution in [3.63, 3.8) is 0 Å². The molecule has 0 fully saturated rings. The van der Waals surface area contributed by atoms with E-state index in [-0.39, 0.29) is 16.9 Å². The Kier molecular flexibility index (Phi) is 4.59. The second kappa shape index (κ2) is 6.67. The number of hydrogen-bond acceptors (Lipinski definition) is 2. The largest absolute Gasteiger partial charge is 0.310 e. The maximum absolute atomic E-state index is 14.1. The lowest BCUT2D eigenvalue weighted by Gasteiger charge is -2.02. The summed E-state index contributed by atoms with van der Waals surface area (Å²) in [6.45, 7) is 3.86. The van der Waals surface area contributed by atoms with Crippen LogP contribution in [0, 0.1) is 11.6 Å². The Labute approximate surface area is 145 Å². The third kappa shape index (κ3) is 3.16. The van der Waals surface area contributed by atoms with E-state index < -0.39 is 17.5 Å². The van der Waals surface area contributed by atoms with E-state index in [2.05, 4.69) is 11.6 Å². The fourth-order valence-electron chi connectivity index (χ4n) is 2.29. The van der Waals surface area contributed by atoms with Crippen LogP contribution in [0.1, 0.15) is 10.4 Å². The molecule has 2 aromatic carbocycles. The van der Waals surface area contributed by atoms with Crippen molar-refractivity contribution in [2.24, 2.45) is 4.99 Å². The van der Waals surface area contributed by atoms with Gasteiger partial charge < -0.3 is 4.57 Å². The minimum absolute atomic E-state index is 0.193. The normalized spacial score (nSPS) is 11.9. The summed E-state index contributed by atoms with van der Waals surface area (Å²) in [7, 11) is 0. The molecule has 1 heterocycles. The van der Waals surface area contributed by atoms with Crippen LogP contribution < -0.4 is 4.80 Å². The van der Waals surface area contributed by atoms with Gasteiger partial charge >= 0.3 is 0 Å². The molecule has 0 N–H and O–H groups in total. The molecule has 0 bridgehead atoms. The number of carbonyl (C=O) groups is 1. The first kappa shape index (κ1) is 16.5. The summed E-state index contributed by atoms with van der Waals surface area (Å²) in [5.74, 6) is -1.90. The van der Waals surface area contributed by atoms with Crippen molar-refractivity contribution in [2.75, 3.05) is 0 Å². The number of benzene rings is 2. The number of hydrogen-bond donors (Lipinski definition) is 0. The topological polar surface area (TPSA) is 34.4 Å². The molecule has 0 aliphatic rings. The molecule has 0 unspecified atom stereocenters. The van der Waals surface area contributed by atoms with Gasteiger partial charge in [0.2, 0.25) is 0 Å². The number of allylic oxidation sites excluding steroid dienone is 1. The van der Waals surface area contributed by atoms with Gasteiger partial charge in [0.1, 0.15) is 5.82 Å². The molecule has 0 aliphatic carbocycles. The monoisotopic (exact) mass is 364 g/mol. The second-order valence-electron chi connectivity index (χ2n) is 4.95. The second-order valence-corrected chi connectivity index (χ2v) is 6.39. The van der Waals surface area contributed by atoms with Crippen LogP contribution in [0.15, 0.2) is 54.0 Å². The summed E-state index contributed by atoms with van der Waals surface area (Å²) in [6, 6.07) is 8.39. The van der Waals surface area contributed by atoms with E-state index in [0.29, 0.717) is 15.3 Å². The number of nitrogens with zero attached hydrogens (tertiary/aromatic N) is 2.